The molecule has 0 aliphatic carbocycles. The van der Waals surface area contributed by atoms with Gasteiger partial charge in [0, 0.05) is 23.6 Å². The van der Waals surface area contributed by atoms with Gasteiger partial charge in [0.05, 0.1) is 6.54 Å². The van der Waals surface area contributed by atoms with E-state index in [0.717, 1.165) is 0 Å². The van der Waals surface area contributed by atoms with Crippen LogP contribution in [-0.2, 0) is 0 Å². The summed E-state index contributed by atoms with van der Waals surface area (Å²) in [5.74, 6) is 0.102. The number of carbonyl (C=O) groups excluding carboxylic acids is 1. The number of halogens is 2. The van der Waals surface area contributed by atoms with Crippen LogP contribution in [0.5, 0.6) is 5.75 Å². The molecule has 2 amide bonds. The summed E-state index contributed by atoms with van der Waals surface area (Å²) in [5, 5.41) is 2.70. The molecule has 1 aromatic rings. The third-order valence-corrected chi connectivity index (χ3v) is 2.87. The van der Waals surface area contributed by atoms with E-state index >= 15 is 0 Å². The Hall–Kier alpha value is -1.30. The molecule has 1 saturated heterocycles. The number of benzene rings is 1. The number of hydrogen-bond donors (Lipinski definition) is 1. The van der Waals surface area contributed by atoms with Gasteiger partial charge in [0.15, 0.2) is 0 Å². The first-order valence-electron chi connectivity index (χ1n) is 5.27. The maximum absolute atomic E-state index is 13.0. The summed E-state index contributed by atoms with van der Waals surface area (Å²) in [4.78, 5) is 12.9. The lowest BCUT2D eigenvalue weighted by atomic mass is 10.3. The predicted molar refractivity (Wildman–Crippen MR) is 64.6 cm³/mol. The predicted octanol–water partition coefficient (Wildman–Crippen LogP) is 1.99. The lowest BCUT2D eigenvalue weighted by Crippen LogP contribution is -2.31. The van der Waals surface area contributed by atoms with Gasteiger partial charge in [-0.25, -0.2) is 9.18 Å². The first-order valence-corrected chi connectivity index (χ1v) is 6.06. The average Bonchev–Trinajstić information content (AvgIpc) is 2.63. The van der Waals surface area contributed by atoms with Gasteiger partial charge >= 0.3 is 6.03 Å². The van der Waals surface area contributed by atoms with Crippen LogP contribution in [0.1, 0.15) is 0 Å². The molecule has 0 aromatic heterocycles. The summed E-state index contributed by atoms with van der Waals surface area (Å²) in [7, 11) is 0. The van der Waals surface area contributed by atoms with Crippen molar-refractivity contribution in [2.75, 3.05) is 26.2 Å². The Bertz CT molecular complexity index is 408. The minimum Gasteiger partial charge on any atom is -0.492 e. The second-order valence-electron chi connectivity index (χ2n) is 3.67. The largest absolute Gasteiger partial charge is 0.492 e. The zero-order chi connectivity index (χ0) is 12.3. The Kier molecular flexibility index (Phi) is 3.83. The maximum atomic E-state index is 13.0. The lowest BCUT2D eigenvalue weighted by Gasteiger charge is -2.14. The number of hydrogen-bond acceptors (Lipinski definition) is 2. The molecule has 1 N–H and O–H groups in total. The van der Waals surface area contributed by atoms with Crippen LogP contribution in [0.4, 0.5) is 9.18 Å². The van der Waals surface area contributed by atoms with Gasteiger partial charge in [0.2, 0.25) is 0 Å². The van der Waals surface area contributed by atoms with Crippen LogP contribution < -0.4 is 10.1 Å². The molecule has 92 valence electrons. The Morgan fingerprint density at radius 1 is 1.47 bits per heavy atom. The van der Waals surface area contributed by atoms with Crippen LogP contribution in [0.3, 0.4) is 0 Å². The molecule has 1 fully saturated rings. The van der Waals surface area contributed by atoms with Crippen molar-refractivity contribution >= 4 is 22.0 Å². The maximum Gasteiger partial charge on any atom is 0.317 e. The molecule has 0 bridgehead atoms. The van der Waals surface area contributed by atoms with E-state index in [0.29, 0.717) is 36.5 Å². The molecule has 1 aromatic carbocycles. The SMILES string of the molecule is O=C1NCCN1CCOc1cc(F)cc(Br)c1. The summed E-state index contributed by atoms with van der Waals surface area (Å²) in [6.07, 6.45) is 0. The Morgan fingerprint density at radius 2 is 2.29 bits per heavy atom. The molecule has 17 heavy (non-hydrogen) atoms. The van der Waals surface area contributed by atoms with Crippen LogP contribution in [0.2, 0.25) is 0 Å². The van der Waals surface area contributed by atoms with Gasteiger partial charge in [-0.3, -0.25) is 0 Å². The lowest BCUT2D eigenvalue weighted by molar-refractivity contribution is 0.202. The van der Waals surface area contributed by atoms with E-state index in [4.69, 9.17) is 4.74 Å². The Labute approximate surface area is 107 Å². The van der Waals surface area contributed by atoms with Crippen molar-refractivity contribution in [3.8, 4) is 5.75 Å². The number of nitrogens with one attached hydrogen (secondary N) is 1. The fraction of sp³-hybridized carbons (Fsp3) is 0.364. The molecule has 0 saturated carbocycles. The smallest absolute Gasteiger partial charge is 0.317 e. The van der Waals surface area contributed by atoms with Crippen molar-refractivity contribution in [2.45, 2.75) is 0 Å². The zero-order valence-corrected chi connectivity index (χ0v) is 10.7. The molecule has 1 heterocycles. The minimum absolute atomic E-state index is 0.0750. The average molecular weight is 303 g/mol. The highest BCUT2D eigenvalue weighted by Gasteiger charge is 2.18. The van der Waals surface area contributed by atoms with E-state index in [1.165, 1.54) is 12.1 Å². The zero-order valence-electron chi connectivity index (χ0n) is 9.08. The number of rotatable bonds is 4. The summed E-state index contributed by atoms with van der Waals surface area (Å²) in [6.45, 7) is 2.21. The van der Waals surface area contributed by atoms with Gasteiger partial charge in [-0.05, 0) is 12.1 Å². The number of carbonyl (C=O) groups is 1. The monoisotopic (exact) mass is 302 g/mol. The highest BCUT2D eigenvalue weighted by atomic mass is 79.9. The quantitative estimate of drug-likeness (QED) is 0.924. The highest BCUT2D eigenvalue weighted by molar-refractivity contribution is 9.10. The fourth-order valence-electron chi connectivity index (χ4n) is 1.61. The van der Waals surface area contributed by atoms with Crippen molar-refractivity contribution in [3.63, 3.8) is 0 Å². The molecular formula is C11H12BrFN2O2. The van der Waals surface area contributed by atoms with Crippen LogP contribution in [0.25, 0.3) is 0 Å². The van der Waals surface area contributed by atoms with Crippen LogP contribution >= 0.6 is 15.9 Å². The second kappa shape index (κ2) is 5.35. The van der Waals surface area contributed by atoms with Crippen molar-refractivity contribution in [1.82, 2.24) is 10.2 Å². The molecular weight excluding hydrogens is 291 g/mol. The molecule has 6 heteroatoms. The van der Waals surface area contributed by atoms with Crippen molar-refractivity contribution in [2.24, 2.45) is 0 Å². The van der Waals surface area contributed by atoms with E-state index in [2.05, 4.69) is 21.2 Å². The highest BCUT2D eigenvalue weighted by Crippen LogP contribution is 2.20. The first-order chi connectivity index (χ1) is 8.15. The third kappa shape index (κ3) is 3.33. The third-order valence-electron chi connectivity index (χ3n) is 2.41. The van der Waals surface area contributed by atoms with Crippen LogP contribution in [0.15, 0.2) is 22.7 Å². The summed E-state index contributed by atoms with van der Waals surface area (Å²) < 4.78 is 19.1. The number of nitrogens with zero attached hydrogens (tertiary/aromatic N) is 1. The summed E-state index contributed by atoms with van der Waals surface area (Å²) in [5.41, 5.74) is 0. The molecule has 0 unspecified atom stereocenters. The topological polar surface area (TPSA) is 41.6 Å². The molecule has 4 nitrogen and oxygen atoms in total. The van der Waals surface area contributed by atoms with Gasteiger partial charge in [-0.2, -0.15) is 0 Å². The molecule has 0 radical (unpaired) electrons. The van der Waals surface area contributed by atoms with Gasteiger partial charge in [-0.15, -0.1) is 0 Å². The fourth-order valence-corrected chi connectivity index (χ4v) is 2.05. The minimum atomic E-state index is -0.353. The normalized spacial score (nSPS) is 14.9. The van der Waals surface area contributed by atoms with Gasteiger partial charge in [0.1, 0.15) is 18.2 Å². The van der Waals surface area contributed by atoms with E-state index < -0.39 is 0 Å². The number of ether oxygens (including phenoxy) is 1. The second-order valence-corrected chi connectivity index (χ2v) is 4.59. The summed E-state index contributed by atoms with van der Waals surface area (Å²) >= 11 is 3.19. The van der Waals surface area contributed by atoms with E-state index in [9.17, 15) is 9.18 Å². The molecule has 2 rings (SSSR count). The van der Waals surface area contributed by atoms with Gasteiger partial charge in [0.25, 0.3) is 0 Å². The van der Waals surface area contributed by atoms with E-state index in [1.807, 2.05) is 0 Å². The molecule has 1 aliphatic rings. The number of amides is 2. The van der Waals surface area contributed by atoms with Crippen molar-refractivity contribution in [3.05, 3.63) is 28.5 Å². The Balaban J connectivity index is 1.83. The molecule has 0 atom stereocenters. The van der Waals surface area contributed by atoms with Crippen LogP contribution in [-0.4, -0.2) is 37.2 Å². The van der Waals surface area contributed by atoms with E-state index in [-0.39, 0.29) is 11.8 Å². The van der Waals surface area contributed by atoms with Crippen LogP contribution in [0, 0.1) is 5.82 Å². The van der Waals surface area contributed by atoms with Crippen molar-refractivity contribution in [1.29, 1.82) is 0 Å². The standard InChI is InChI=1S/C11H12BrFN2O2/c12-8-5-9(13)7-10(6-8)17-4-3-15-2-1-14-11(15)16/h5-7H,1-4H2,(H,14,16). The molecule has 0 spiro atoms. The molecule has 1 aliphatic heterocycles. The van der Waals surface area contributed by atoms with E-state index in [1.54, 1.807) is 11.0 Å². The van der Waals surface area contributed by atoms with Gasteiger partial charge < -0.3 is 15.0 Å². The van der Waals surface area contributed by atoms with Crippen molar-refractivity contribution < 1.29 is 13.9 Å². The first kappa shape index (κ1) is 12.2. The van der Waals surface area contributed by atoms with Gasteiger partial charge in [-0.1, -0.05) is 15.9 Å². The Morgan fingerprint density at radius 3 is 2.94 bits per heavy atom. The number of urea groups is 1. The summed E-state index contributed by atoms with van der Waals surface area (Å²) in [6, 6.07) is 4.29.